The summed E-state index contributed by atoms with van der Waals surface area (Å²) in [6.07, 6.45) is 2.35. The van der Waals surface area contributed by atoms with Gasteiger partial charge < -0.3 is 33.6 Å². The Morgan fingerprint density at radius 2 is 1.61 bits per heavy atom. The molecule has 3 aliphatic rings. The van der Waals surface area contributed by atoms with Gasteiger partial charge in [0.2, 0.25) is 0 Å². The SMILES string of the molecule is COc1ccc(CN(Cc2ccc(OC)cc2)c2cc3cccc(Cl)c3c(-c3ncc4c(N(C)CC5CN(C(=O)OC(C)(C)C)C5)nc(OC[C@@]56CCCN5C[C@H](F)C6)nc4c3F)n2)cc1. The second-order valence-electron chi connectivity index (χ2n) is 18.7. The molecule has 0 spiro atoms. The largest absolute Gasteiger partial charge is 0.497 e. The summed E-state index contributed by atoms with van der Waals surface area (Å²) >= 11 is 6.97. The highest BCUT2D eigenvalue weighted by Gasteiger charge is 2.49. The lowest BCUT2D eigenvalue weighted by molar-refractivity contribution is 0.000172. The number of carbonyl (C=O) groups is 1. The molecule has 0 radical (unpaired) electrons. The summed E-state index contributed by atoms with van der Waals surface area (Å²) in [5.41, 5.74) is 1.13. The summed E-state index contributed by atoms with van der Waals surface area (Å²) in [5.74, 6) is 1.84. The van der Waals surface area contributed by atoms with Crippen LogP contribution in [0.1, 0.15) is 51.2 Å². The second-order valence-corrected chi connectivity index (χ2v) is 19.1. The molecule has 0 bridgehead atoms. The van der Waals surface area contributed by atoms with Gasteiger partial charge in [-0.2, -0.15) is 9.97 Å². The van der Waals surface area contributed by atoms with E-state index < -0.39 is 23.1 Å². The maximum Gasteiger partial charge on any atom is 0.410 e. The molecule has 0 unspecified atom stereocenters. The van der Waals surface area contributed by atoms with Gasteiger partial charge in [0.25, 0.3) is 0 Å². The normalized spacial score (nSPS) is 18.6. The van der Waals surface area contributed by atoms with E-state index >= 15 is 4.39 Å². The molecular weight excluding hydrogens is 866 g/mol. The maximum absolute atomic E-state index is 17.8. The molecule has 6 aromatic rings. The Morgan fingerprint density at radius 3 is 2.26 bits per heavy atom. The molecule has 9 rings (SSSR count). The van der Waals surface area contributed by atoms with E-state index in [0.29, 0.717) is 73.1 Å². The number of nitrogens with zero attached hydrogens (tertiary/aromatic N) is 8. The summed E-state index contributed by atoms with van der Waals surface area (Å²) in [6, 6.07) is 23.2. The third kappa shape index (κ3) is 9.32. The molecule has 16 heteroatoms. The number of benzene rings is 3. The van der Waals surface area contributed by atoms with Crippen molar-refractivity contribution in [1.82, 2.24) is 29.7 Å². The number of hydrogen-bond acceptors (Lipinski definition) is 12. The van der Waals surface area contributed by atoms with Gasteiger partial charge in [0.15, 0.2) is 5.82 Å². The number of halogens is 3. The van der Waals surface area contributed by atoms with E-state index in [-0.39, 0.29) is 41.5 Å². The minimum Gasteiger partial charge on any atom is -0.497 e. The number of aromatic nitrogens is 4. The van der Waals surface area contributed by atoms with Crippen molar-refractivity contribution in [3.63, 3.8) is 0 Å². The topological polar surface area (TPSA) is 119 Å². The zero-order chi connectivity index (χ0) is 46.3. The fraction of sp³-hybridized carbons (Fsp3) is 0.420. The molecule has 3 saturated heterocycles. The van der Waals surface area contributed by atoms with Crippen molar-refractivity contribution in [3.05, 3.63) is 101 Å². The highest BCUT2D eigenvalue weighted by Crippen LogP contribution is 2.42. The van der Waals surface area contributed by atoms with Crippen LogP contribution in [0.15, 0.2) is 79.0 Å². The lowest BCUT2D eigenvalue weighted by Gasteiger charge is -2.41. The van der Waals surface area contributed by atoms with Crippen molar-refractivity contribution >= 4 is 51.0 Å². The first-order valence-electron chi connectivity index (χ1n) is 22.4. The van der Waals surface area contributed by atoms with Gasteiger partial charge in [0.1, 0.15) is 58.4 Å². The Morgan fingerprint density at radius 1 is 0.924 bits per heavy atom. The lowest BCUT2D eigenvalue weighted by Crippen LogP contribution is -2.54. The number of carbonyl (C=O) groups excluding carboxylic acids is 1. The van der Waals surface area contributed by atoms with Crippen LogP contribution in [0.2, 0.25) is 5.02 Å². The molecule has 13 nitrogen and oxygen atoms in total. The third-order valence-corrected chi connectivity index (χ3v) is 13.1. The molecule has 3 aromatic carbocycles. The molecule has 3 fully saturated rings. The van der Waals surface area contributed by atoms with Crippen molar-refractivity contribution in [3.8, 4) is 28.9 Å². The predicted molar refractivity (Wildman–Crippen MR) is 252 cm³/mol. The zero-order valence-electron chi connectivity index (χ0n) is 38.2. The molecule has 0 aliphatic carbocycles. The number of pyridine rings is 2. The van der Waals surface area contributed by atoms with Gasteiger partial charge in [-0.15, -0.1) is 0 Å². The number of anilines is 2. The summed E-state index contributed by atoms with van der Waals surface area (Å²) in [4.78, 5) is 40.2. The number of hydrogen-bond donors (Lipinski definition) is 0. The molecule has 3 aliphatic heterocycles. The van der Waals surface area contributed by atoms with Crippen LogP contribution in [0.5, 0.6) is 17.5 Å². The number of fused-ring (bicyclic) bond motifs is 3. The quantitative estimate of drug-likeness (QED) is 0.104. The second kappa shape index (κ2) is 18.3. The Kier molecular flexibility index (Phi) is 12.5. The van der Waals surface area contributed by atoms with E-state index in [0.717, 1.165) is 47.4 Å². The zero-order valence-corrected chi connectivity index (χ0v) is 38.9. The summed E-state index contributed by atoms with van der Waals surface area (Å²) in [7, 11) is 5.14. The van der Waals surface area contributed by atoms with Gasteiger partial charge in [-0.05, 0) is 93.1 Å². The number of amides is 1. The van der Waals surface area contributed by atoms with Crippen LogP contribution in [0, 0.1) is 11.7 Å². The van der Waals surface area contributed by atoms with Crippen LogP contribution in [0.4, 0.5) is 25.2 Å². The average molecular weight is 921 g/mol. The van der Waals surface area contributed by atoms with Crippen molar-refractivity contribution < 1.29 is 32.5 Å². The molecule has 6 heterocycles. The number of alkyl halides is 1. The number of likely N-dealkylation sites (tertiary alicyclic amines) is 1. The van der Waals surface area contributed by atoms with Crippen LogP contribution in [-0.2, 0) is 17.8 Å². The Balaban J connectivity index is 1.12. The summed E-state index contributed by atoms with van der Waals surface area (Å²) in [6.45, 7) is 9.26. The number of methoxy groups -OCH3 is 2. The summed E-state index contributed by atoms with van der Waals surface area (Å²) in [5, 5.41) is 2.03. The molecular formula is C50H55ClF2N8O5. The fourth-order valence-electron chi connectivity index (χ4n) is 9.53. The van der Waals surface area contributed by atoms with Gasteiger partial charge >= 0.3 is 12.1 Å². The monoisotopic (exact) mass is 920 g/mol. The fourth-order valence-corrected chi connectivity index (χ4v) is 9.80. The lowest BCUT2D eigenvalue weighted by atomic mass is 9.95. The van der Waals surface area contributed by atoms with Crippen LogP contribution in [-0.4, -0.2) is 114 Å². The van der Waals surface area contributed by atoms with Gasteiger partial charge in [-0.3, -0.25) is 9.88 Å². The molecule has 2 atom stereocenters. The predicted octanol–water partition coefficient (Wildman–Crippen LogP) is 9.51. The van der Waals surface area contributed by atoms with Crippen LogP contribution >= 0.6 is 11.6 Å². The minimum absolute atomic E-state index is 0.00728. The van der Waals surface area contributed by atoms with Crippen LogP contribution in [0.3, 0.4) is 0 Å². The average Bonchev–Trinajstić information content (AvgIpc) is 3.81. The van der Waals surface area contributed by atoms with E-state index in [4.69, 9.17) is 50.5 Å². The van der Waals surface area contributed by atoms with E-state index in [1.165, 1.54) is 0 Å². The highest BCUT2D eigenvalue weighted by atomic mass is 35.5. The Hall–Kier alpha value is -6.06. The van der Waals surface area contributed by atoms with Crippen LogP contribution in [0.25, 0.3) is 33.1 Å². The van der Waals surface area contributed by atoms with Crippen molar-refractivity contribution in [2.45, 2.75) is 70.4 Å². The minimum atomic E-state index is -0.949. The van der Waals surface area contributed by atoms with Crippen molar-refractivity contribution in [1.29, 1.82) is 0 Å². The molecule has 0 saturated carbocycles. The van der Waals surface area contributed by atoms with Crippen molar-refractivity contribution in [2.24, 2.45) is 5.92 Å². The van der Waals surface area contributed by atoms with Gasteiger partial charge in [-0.25, -0.2) is 18.6 Å². The Bertz CT molecular complexity index is 2690. The Labute approximate surface area is 388 Å². The van der Waals surface area contributed by atoms with Gasteiger partial charge in [0.05, 0.1) is 30.2 Å². The van der Waals surface area contributed by atoms with Crippen LogP contribution < -0.4 is 24.0 Å². The number of rotatable bonds is 14. The van der Waals surface area contributed by atoms with Gasteiger partial charge in [-0.1, -0.05) is 48.0 Å². The van der Waals surface area contributed by atoms with Crippen molar-refractivity contribution in [2.75, 3.05) is 70.4 Å². The molecule has 1 amide bonds. The standard InChI is InChI=1S/C50H55ClF2N8O5/c1-49(2,3)66-48(62)60-27-33(28-60)24-58(4)46-38-23-54-45(42(53)43(38)56-47(57-46)65-30-50-19-8-20-61(50)29-35(52)22-50)44-41-34(9-7-10-39(41)51)21-40(55-44)59(25-31-11-15-36(63-5)16-12-31)26-32-13-17-37(64-6)18-14-32/h7,9-18,21,23,33,35H,8,19-20,22,24-30H2,1-6H3/t35-,50+/m1/s1. The third-order valence-electron chi connectivity index (χ3n) is 12.8. The van der Waals surface area contributed by atoms with E-state index in [1.807, 2.05) is 99.4 Å². The molecule has 66 heavy (non-hydrogen) atoms. The smallest absolute Gasteiger partial charge is 0.410 e. The number of ether oxygens (including phenoxy) is 4. The first-order valence-corrected chi connectivity index (χ1v) is 22.7. The first kappa shape index (κ1) is 45.1. The molecule has 0 N–H and O–H groups in total. The highest BCUT2D eigenvalue weighted by molar-refractivity contribution is 6.36. The van der Waals surface area contributed by atoms with Gasteiger partial charge in [0, 0.05) is 70.2 Å². The summed E-state index contributed by atoms with van der Waals surface area (Å²) < 4.78 is 55.4. The molecule has 346 valence electrons. The maximum atomic E-state index is 17.8. The van der Waals surface area contributed by atoms with E-state index in [9.17, 15) is 9.18 Å². The van der Waals surface area contributed by atoms with E-state index in [1.54, 1.807) is 31.4 Å². The van der Waals surface area contributed by atoms with E-state index in [2.05, 4.69) is 9.80 Å². The first-order chi connectivity index (χ1) is 31.7. The molecule has 3 aromatic heterocycles.